The van der Waals surface area contributed by atoms with Crippen LogP contribution >= 0.6 is 11.3 Å². The molecule has 6 nitrogen and oxygen atoms in total. The number of aromatic nitrogens is 2. The first-order valence-corrected chi connectivity index (χ1v) is 8.64. The zero-order chi connectivity index (χ0) is 16.2. The molecular weight excluding hydrogens is 314 g/mol. The Kier molecular flexibility index (Phi) is 4.76. The maximum absolute atomic E-state index is 12.3. The molecule has 0 unspecified atom stereocenters. The molecule has 122 valence electrons. The number of carboxylic acids is 1. The van der Waals surface area contributed by atoms with Gasteiger partial charge in [-0.2, -0.15) is 16.4 Å². The van der Waals surface area contributed by atoms with Gasteiger partial charge in [0.25, 0.3) is 0 Å². The Labute approximate surface area is 138 Å². The van der Waals surface area contributed by atoms with Crippen molar-refractivity contribution in [3.05, 3.63) is 40.3 Å². The third kappa shape index (κ3) is 3.79. The number of amides is 1. The van der Waals surface area contributed by atoms with Gasteiger partial charge in [0.1, 0.15) is 0 Å². The molecule has 3 rings (SSSR count). The van der Waals surface area contributed by atoms with Crippen LogP contribution in [-0.4, -0.2) is 44.8 Å². The number of nitrogens with zero attached hydrogens (tertiary/aromatic N) is 3. The first kappa shape index (κ1) is 15.7. The summed E-state index contributed by atoms with van der Waals surface area (Å²) in [5.41, 5.74) is 1.43. The van der Waals surface area contributed by atoms with Gasteiger partial charge in [0.15, 0.2) is 0 Å². The molecule has 2 aromatic heterocycles. The molecule has 0 aromatic carbocycles. The predicted octanol–water partition coefficient (Wildman–Crippen LogP) is 2.44. The van der Waals surface area contributed by atoms with E-state index in [1.807, 2.05) is 10.3 Å². The van der Waals surface area contributed by atoms with Crippen molar-refractivity contribution < 1.29 is 14.7 Å². The van der Waals surface area contributed by atoms with Gasteiger partial charge in [-0.05, 0) is 41.7 Å². The van der Waals surface area contributed by atoms with Crippen LogP contribution in [-0.2, 0) is 11.2 Å². The van der Waals surface area contributed by atoms with Crippen molar-refractivity contribution in [2.75, 3.05) is 13.1 Å². The maximum atomic E-state index is 12.3. The molecule has 1 saturated heterocycles. The number of likely N-dealkylation sites (tertiary alicyclic amines) is 1. The second kappa shape index (κ2) is 6.95. The van der Waals surface area contributed by atoms with Crippen LogP contribution in [0, 0.1) is 0 Å². The summed E-state index contributed by atoms with van der Waals surface area (Å²) < 4.78 is 1.72. The fourth-order valence-corrected chi connectivity index (χ4v) is 3.58. The zero-order valence-electron chi connectivity index (χ0n) is 12.7. The summed E-state index contributed by atoms with van der Waals surface area (Å²) in [6.45, 7) is 1.41. The summed E-state index contributed by atoms with van der Waals surface area (Å²) in [5.74, 6) is -0.765. The molecule has 0 atom stereocenters. The summed E-state index contributed by atoms with van der Waals surface area (Å²) in [6, 6.07) is 2.23. The number of hydrogen-bond acceptors (Lipinski definition) is 4. The van der Waals surface area contributed by atoms with Crippen LogP contribution in [0.2, 0.25) is 0 Å². The van der Waals surface area contributed by atoms with Crippen LogP contribution in [0.25, 0.3) is 0 Å². The smallest absolute Gasteiger partial charge is 0.338 e. The highest BCUT2D eigenvalue weighted by Gasteiger charge is 2.24. The molecular formula is C16H19N3O3S. The molecule has 0 spiro atoms. The zero-order valence-corrected chi connectivity index (χ0v) is 13.5. The topological polar surface area (TPSA) is 75.4 Å². The van der Waals surface area contributed by atoms with Gasteiger partial charge in [0, 0.05) is 25.7 Å². The summed E-state index contributed by atoms with van der Waals surface area (Å²) >= 11 is 1.65. The molecule has 0 bridgehead atoms. The monoisotopic (exact) mass is 333 g/mol. The van der Waals surface area contributed by atoms with Crippen molar-refractivity contribution in [1.82, 2.24) is 14.7 Å². The van der Waals surface area contributed by atoms with Crippen molar-refractivity contribution in [3.8, 4) is 0 Å². The van der Waals surface area contributed by atoms with Gasteiger partial charge in [-0.1, -0.05) is 0 Å². The number of thiophene rings is 1. The van der Waals surface area contributed by atoms with Crippen LogP contribution in [0.3, 0.4) is 0 Å². The van der Waals surface area contributed by atoms with E-state index >= 15 is 0 Å². The number of carbonyl (C=O) groups excluding carboxylic acids is 1. The van der Waals surface area contributed by atoms with E-state index in [9.17, 15) is 9.59 Å². The second-order valence-corrected chi connectivity index (χ2v) is 6.54. The molecule has 0 radical (unpaired) electrons. The molecule has 2 aromatic rings. The molecule has 0 saturated carbocycles. The van der Waals surface area contributed by atoms with E-state index in [0.29, 0.717) is 19.5 Å². The number of hydrogen-bond donors (Lipinski definition) is 1. The van der Waals surface area contributed by atoms with Crippen LogP contribution in [0.1, 0.15) is 41.2 Å². The van der Waals surface area contributed by atoms with E-state index in [2.05, 4.69) is 16.5 Å². The Balaban J connectivity index is 1.49. The van der Waals surface area contributed by atoms with Crippen LogP contribution < -0.4 is 0 Å². The van der Waals surface area contributed by atoms with Crippen LogP contribution in [0.15, 0.2) is 29.2 Å². The van der Waals surface area contributed by atoms with Crippen molar-refractivity contribution in [2.45, 2.75) is 31.7 Å². The summed E-state index contributed by atoms with van der Waals surface area (Å²) in [4.78, 5) is 25.1. The lowest BCUT2D eigenvalue weighted by atomic mass is 10.0. The van der Waals surface area contributed by atoms with E-state index in [1.54, 1.807) is 22.2 Å². The van der Waals surface area contributed by atoms with Crippen molar-refractivity contribution in [2.24, 2.45) is 0 Å². The quantitative estimate of drug-likeness (QED) is 0.912. The van der Waals surface area contributed by atoms with Gasteiger partial charge >= 0.3 is 5.97 Å². The van der Waals surface area contributed by atoms with Crippen molar-refractivity contribution >= 4 is 23.2 Å². The van der Waals surface area contributed by atoms with E-state index in [1.165, 1.54) is 11.8 Å². The molecule has 1 amide bonds. The lowest BCUT2D eigenvalue weighted by molar-refractivity contribution is -0.132. The standard InChI is InChI=1S/C16H19N3O3S/c20-15(2-1-12-5-8-23-11-12)18-6-3-14(4-7-18)19-10-13(9-17-19)16(21)22/h5,8-11,14H,1-4,6-7H2,(H,21,22). The highest BCUT2D eigenvalue weighted by atomic mass is 32.1. The van der Waals surface area contributed by atoms with E-state index in [4.69, 9.17) is 5.11 Å². The summed E-state index contributed by atoms with van der Waals surface area (Å²) in [7, 11) is 0. The van der Waals surface area contributed by atoms with Crippen LogP contribution in [0.4, 0.5) is 0 Å². The van der Waals surface area contributed by atoms with Gasteiger partial charge in [0.05, 0.1) is 17.8 Å². The first-order valence-electron chi connectivity index (χ1n) is 7.70. The molecule has 0 aliphatic carbocycles. The summed E-state index contributed by atoms with van der Waals surface area (Å²) in [5, 5.41) is 17.2. The lowest BCUT2D eigenvalue weighted by Gasteiger charge is -2.32. The fourth-order valence-electron chi connectivity index (χ4n) is 2.87. The number of aryl methyl sites for hydroxylation is 1. The number of carboxylic acid groups (broad SMARTS) is 1. The number of carbonyl (C=O) groups is 2. The SMILES string of the molecule is O=C(O)c1cnn(C2CCN(C(=O)CCc3ccsc3)CC2)c1. The predicted molar refractivity (Wildman–Crippen MR) is 86.7 cm³/mol. The maximum Gasteiger partial charge on any atom is 0.338 e. The van der Waals surface area contributed by atoms with Gasteiger partial charge in [0.2, 0.25) is 5.91 Å². The Morgan fingerprint density at radius 1 is 1.35 bits per heavy atom. The third-order valence-electron chi connectivity index (χ3n) is 4.25. The normalized spacial score (nSPS) is 15.7. The minimum atomic E-state index is -0.961. The minimum Gasteiger partial charge on any atom is -0.478 e. The largest absolute Gasteiger partial charge is 0.478 e. The average Bonchev–Trinajstić information content (AvgIpc) is 3.24. The minimum absolute atomic E-state index is 0.170. The molecule has 3 heterocycles. The Hall–Kier alpha value is -2.15. The first-order chi connectivity index (χ1) is 11.1. The second-order valence-electron chi connectivity index (χ2n) is 5.76. The highest BCUT2D eigenvalue weighted by molar-refractivity contribution is 7.07. The number of aromatic carboxylic acids is 1. The highest BCUT2D eigenvalue weighted by Crippen LogP contribution is 2.23. The lowest BCUT2D eigenvalue weighted by Crippen LogP contribution is -2.39. The van der Waals surface area contributed by atoms with Gasteiger partial charge in [-0.3, -0.25) is 9.48 Å². The molecule has 1 fully saturated rings. The van der Waals surface area contributed by atoms with Crippen molar-refractivity contribution in [1.29, 1.82) is 0 Å². The van der Waals surface area contributed by atoms with E-state index in [0.717, 1.165) is 19.3 Å². The molecule has 23 heavy (non-hydrogen) atoms. The number of rotatable bonds is 5. The molecule has 7 heteroatoms. The Morgan fingerprint density at radius 2 is 2.13 bits per heavy atom. The van der Waals surface area contributed by atoms with Crippen molar-refractivity contribution in [3.63, 3.8) is 0 Å². The molecule has 1 aliphatic heterocycles. The molecule has 1 N–H and O–H groups in total. The Morgan fingerprint density at radius 3 is 2.74 bits per heavy atom. The van der Waals surface area contributed by atoms with Gasteiger partial charge in [-0.25, -0.2) is 4.79 Å². The van der Waals surface area contributed by atoms with Crippen LogP contribution in [0.5, 0.6) is 0 Å². The summed E-state index contributed by atoms with van der Waals surface area (Å²) in [6.07, 6.45) is 5.91. The van der Waals surface area contributed by atoms with E-state index < -0.39 is 5.97 Å². The van der Waals surface area contributed by atoms with Gasteiger partial charge in [-0.15, -0.1) is 0 Å². The van der Waals surface area contributed by atoms with E-state index in [-0.39, 0.29) is 17.5 Å². The fraction of sp³-hybridized carbons (Fsp3) is 0.438. The molecule has 1 aliphatic rings. The van der Waals surface area contributed by atoms with Gasteiger partial charge < -0.3 is 10.0 Å². The Bertz CT molecular complexity index is 673. The number of piperidine rings is 1. The average molecular weight is 333 g/mol. The third-order valence-corrected chi connectivity index (χ3v) is 4.98.